The van der Waals surface area contributed by atoms with Crippen molar-refractivity contribution in [1.82, 2.24) is 0 Å². The molecular weight excluding hydrogens is 352 g/mol. The number of hydrogen-bond donors (Lipinski definition) is 0. The Kier molecular flexibility index (Phi) is 5.94. The summed E-state index contributed by atoms with van der Waals surface area (Å²) in [5.74, 6) is -1.98. The van der Waals surface area contributed by atoms with Gasteiger partial charge in [0.1, 0.15) is 11.6 Å². The van der Waals surface area contributed by atoms with Gasteiger partial charge in [0.05, 0.1) is 5.56 Å². The van der Waals surface area contributed by atoms with E-state index in [1.54, 1.807) is 12.1 Å². The maximum atomic E-state index is 14.4. The summed E-state index contributed by atoms with van der Waals surface area (Å²) in [6, 6.07) is 14.1. The van der Waals surface area contributed by atoms with Crippen molar-refractivity contribution in [3.8, 4) is 11.1 Å². The molecule has 0 aliphatic rings. The molecule has 0 spiro atoms. The van der Waals surface area contributed by atoms with Crippen LogP contribution in [0.25, 0.3) is 28.0 Å². The average Bonchev–Trinajstić information content (AvgIpc) is 2.65. The van der Waals surface area contributed by atoms with Crippen LogP contribution in [0.3, 0.4) is 0 Å². The van der Waals surface area contributed by atoms with E-state index in [-0.39, 0.29) is 11.5 Å². The normalized spacial score (nSPS) is 11.0. The van der Waals surface area contributed by atoms with Gasteiger partial charge in [-0.05, 0) is 47.1 Å². The summed E-state index contributed by atoms with van der Waals surface area (Å²) in [5.41, 5.74) is 2.30. The van der Waals surface area contributed by atoms with Crippen LogP contribution in [0.15, 0.2) is 54.6 Å². The van der Waals surface area contributed by atoms with Gasteiger partial charge < -0.3 is 0 Å². The second kappa shape index (κ2) is 8.38. The highest BCUT2D eigenvalue weighted by molar-refractivity contribution is 5.89. The van der Waals surface area contributed by atoms with Crippen LogP contribution in [0.4, 0.5) is 17.6 Å². The van der Waals surface area contributed by atoms with Gasteiger partial charge in [0.25, 0.3) is 6.08 Å². The maximum Gasteiger partial charge on any atom is 0.271 e. The molecule has 4 heteroatoms. The van der Waals surface area contributed by atoms with Gasteiger partial charge in [0.2, 0.25) is 0 Å². The lowest BCUT2D eigenvalue weighted by Gasteiger charge is -2.09. The van der Waals surface area contributed by atoms with Gasteiger partial charge in [-0.3, -0.25) is 0 Å². The minimum absolute atomic E-state index is 0.115. The topological polar surface area (TPSA) is 0 Å². The Morgan fingerprint density at radius 1 is 0.889 bits per heavy atom. The molecule has 0 unspecified atom stereocenters. The Labute approximate surface area is 156 Å². The quantitative estimate of drug-likeness (QED) is 0.306. The largest absolute Gasteiger partial charge is 0.271 e. The molecule has 0 heterocycles. The predicted octanol–water partition coefficient (Wildman–Crippen LogP) is 7.76. The lowest BCUT2D eigenvalue weighted by molar-refractivity contribution is 0.428. The SMILES string of the molecule is CCCCCc1ccc(-c2ccc3c(F)c(C=C(F)F)c(F)cc3c2)cc1. The fourth-order valence-electron chi connectivity index (χ4n) is 3.21. The van der Waals surface area contributed by atoms with Gasteiger partial charge in [0, 0.05) is 11.5 Å². The van der Waals surface area contributed by atoms with E-state index < -0.39 is 23.3 Å². The molecule has 0 nitrogen and oxygen atoms in total. The second-order valence-corrected chi connectivity index (χ2v) is 6.61. The van der Waals surface area contributed by atoms with E-state index >= 15 is 0 Å². The van der Waals surface area contributed by atoms with Crippen LogP contribution in [0.5, 0.6) is 0 Å². The number of hydrogen-bond acceptors (Lipinski definition) is 0. The van der Waals surface area contributed by atoms with Crippen molar-refractivity contribution in [3.05, 3.63) is 77.4 Å². The third kappa shape index (κ3) is 4.38. The molecule has 0 saturated carbocycles. The maximum absolute atomic E-state index is 14.4. The predicted molar refractivity (Wildman–Crippen MR) is 103 cm³/mol. The van der Waals surface area contributed by atoms with E-state index in [1.807, 2.05) is 12.1 Å². The van der Waals surface area contributed by atoms with Crippen molar-refractivity contribution in [2.24, 2.45) is 0 Å². The highest BCUT2D eigenvalue weighted by atomic mass is 19.3. The molecule has 0 radical (unpaired) electrons. The summed E-state index contributed by atoms with van der Waals surface area (Å²) in [7, 11) is 0. The molecule has 0 aromatic heterocycles. The molecule has 3 aromatic rings. The van der Waals surface area contributed by atoms with E-state index in [4.69, 9.17) is 0 Å². The Morgan fingerprint density at radius 3 is 2.26 bits per heavy atom. The molecule has 3 aromatic carbocycles. The summed E-state index contributed by atoms with van der Waals surface area (Å²) in [6.07, 6.45) is 2.65. The molecule has 0 fully saturated rings. The first-order valence-corrected chi connectivity index (χ1v) is 9.03. The Bertz CT molecular complexity index is 968. The van der Waals surface area contributed by atoms with Crippen LogP contribution < -0.4 is 0 Å². The van der Waals surface area contributed by atoms with Crippen LogP contribution in [0.1, 0.15) is 37.3 Å². The number of rotatable bonds is 6. The number of aryl methyl sites for hydroxylation is 1. The standard InChI is InChI=1S/C23H20F4/c1-2-3-4-5-15-6-8-16(9-7-15)17-10-11-19-18(12-17)13-21(24)20(23(19)27)14-22(25)26/h6-14H,2-5H2,1H3. The highest BCUT2D eigenvalue weighted by Gasteiger charge is 2.14. The van der Waals surface area contributed by atoms with Crippen molar-refractivity contribution >= 4 is 16.8 Å². The molecule has 0 aliphatic carbocycles. The molecule has 3 rings (SSSR count). The van der Waals surface area contributed by atoms with E-state index in [1.165, 1.54) is 24.5 Å². The number of unbranched alkanes of at least 4 members (excludes halogenated alkanes) is 2. The van der Waals surface area contributed by atoms with E-state index in [0.717, 1.165) is 30.0 Å². The van der Waals surface area contributed by atoms with Crippen LogP contribution in [-0.4, -0.2) is 0 Å². The molecule has 0 saturated heterocycles. The molecule has 0 aliphatic heterocycles. The monoisotopic (exact) mass is 372 g/mol. The second-order valence-electron chi connectivity index (χ2n) is 6.61. The summed E-state index contributed by atoms with van der Waals surface area (Å²) in [6.45, 7) is 2.17. The minimum Gasteiger partial charge on any atom is -0.206 e. The van der Waals surface area contributed by atoms with Crippen LogP contribution >= 0.6 is 0 Å². The first-order chi connectivity index (χ1) is 13.0. The van der Waals surface area contributed by atoms with Crippen molar-refractivity contribution in [2.75, 3.05) is 0 Å². The zero-order valence-electron chi connectivity index (χ0n) is 15.0. The van der Waals surface area contributed by atoms with Gasteiger partial charge in [0.15, 0.2) is 0 Å². The van der Waals surface area contributed by atoms with Crippen LogP contribution in [-0.2, 0) is 6.42 Å². The molecule has 0 amide bonds. The van der Waals surface area contributed by atoms with Gasteiger partial charge in [-0.2, -0.15) is 8.78 Å². The lowest BCUT2D eigenvalue weighted by atomic mass is 9.97. The van der Waals surface area contributed by atoms with Gasteiger partial charge in [-0.15, -0.1) is 0 Å². The molecule has 0 atom stereocenters. The fraction of sp³-hybridized carbons (Fsp3) is 0.217. The zero-order valence-corrected chi connectivity index (χ0v) is 15.0. The van der Waals surface area contributed by atoms with Crippen LogP contribution in [0.2, 0.25) is 0 Å². The van der Waals surface area contributed by atoms with Gasteiger partial charge >= 0.3 is 0 Å². The third-order valence-corrected chi connectivity index (χ3v) is 4.67. The number of fused-ring (bicyclic) bond motifs is 1. The highest BCUT2D eigenvalue weighted by Crippen LogP contribution is 2.30. The molecule has 140 valence electrons. The fourth-order valence-corrected chi connectivity index (χ4v) is 3.21. The molecular formula is C23H20F4. The van der Waals surface area contributed by atoms with Crippen molar-refractivity contribution in [3.63, 3.8) is 0 Å². The van der Waals surface area contributed by atoms with Crippen molar-refractivity contribution in [2.45, 2.75) is 32.6 Å². The summed E-state index contributed by atoms with van der Waals surface area (Å²) >= 11 is 0. The smallest absolute Gasteiger partial charge is 0.206 e. The lowest BCUT2D eigenvalue weighted by Crippen LogP contribution is -1.92. The summed E-state index contributed by atoms with van der Waals surface area (Å²) in [4.78, 5) is 0. The van der Waals surface area contributed by atoms with Crippen molar-refractivity contribution in [1.29, 1.82) is 0 Å². The summed E-state index contributed by atoms with van der Waals surface area (Å²) < 4.78 is 53.3. The van der Waals surface area contributed by atoms with E-state index in [0.29, 0.717) is 5.39 Å². The first-order valence-electron chi connectivity index (χ1n) is 9.03. The Morgan fingerprint density at radius 2 is 1.59 bits per heavy atom. The Hall–Kier alpha value is -2.62. The third-order valence-electron chi connectivity index (χ3n) is 4.67. The minimum atomic E-state index is -2.14. The van der Waals surface area contributed by atoms with Crippen molar-refractivity contribution < 1.29 is 17.6 Å². The summed E-state index contributed by atoms with van der Waals surface area (Å²) in [5, 5.41) is 0.453. The van der Waals surface area contributed by atoms with E-state index in [2.05, 4.69) is 19.1 Å². The number of halogens is 4. The van der Waals surface area contributed by atoms with Gasteiger partial charge in [-0.1, -0.05) is 56.2 Å². The average molecular weight is 372 g/mol. The van der Waals surface area contributed by atoms with Crippen LogP contribution in [0, 0.1) is 11.6 Å². The van der Waals surface area contributed by atoms with Gasteiger partial charge in [-0.25, -0.2) is 8.78 Å². The number of benzene rings is 3. The zero-order chi connectivity index (χ0) is 19.4. The first kappa shape index (κ1) is 19.2. The molecule has 0 bridgehead atoms. The molecule has 0 N–H and O–H groups in total. The Balaban J connectivity index is 1.94. The van der Waals surface area contributed by atoms with E-state index in [9.17, 15) is 17.6 Å². The molecule has 27 heavy (non-hydrogen) atoms.